The van der Waals surface area contributed by atoms with Gasteiger partial charge >= 0.3 is 0 Å². The first-order valence-electron chi connectivity index (χ1n) is 2.91. The number of halogens is 2. The van der Waals surface area contributed by atoms with Crippen LogP contribution in [0, 0.1) is 5.92 Å². The van der Waals surface area contributed by atoms with E-state index in [9.17, 15) is 0 Å². The van der Waals surface area contributed by atoms with Crippen LogP contribution < -0.4 is 0 Å². The molecule has 0 fully saturated rings. The van der Waals surface area contributed by atoms with E-state index >= 15 is 0 Å². The highest BCUT2D eigenvalue weighted by molar-refractivity contribution is 6.28. The van der Waals surface area contributed by atoms with Gasteiger partial charge in [-0.1, -0.05) is 6.92 Å². The molecule has 0 aromatic rings. The molecule has 0 aliphatic carbocycles. The van der Waals surface area contributed by atoms with Gasteiger partial charge in [0, 0.05) is 13.0 Å². The average molecular weight is 171 g/mol. The standard InChI is InChI=1S/C6H12Cl2O/c1-5(4-9-2)6(8)3-7/h5-6H,3-4H2,1-2H3. The number of ether oxygens (including phenoxy) is 1. The van der Waals surface area contributed by atoms with E-state index in [0.29, 0.717) is 18.4 Å². The molecule has 0 saturated heterocycles. The van der Waals surface area contributed by atoms with Crippen LogP contribution in [0.4, 0.5) is 0 Å². The van der Waals surface area contributed by atoms with Crippen LogP contribution in [0.25, 0.3) is 0 Å². The summed E-state index contributed by atoms with van der Waals surface area (Å²) in [7, 11) is 1.66. The van der Waals surface area contributed by atoms with E-state index in [1.807, 2.05) is 6.92 Å². The first kappa shape index (κ1) is 9.54. The van der Waals surface area contributed by atoms with Crippen LogP contribution in [-0.4, -0.2) is 25.0 Å². The van der Waals surface area contributed by atoms with Crippen molar-refractivity contribution in [2.45, 2.75) is 12.3 Å². The Labute approximate surface area is 66.3 Å². The van der Waals surface area contributed by atoms with Gasteiger partial charge in [-0.15, -0.1) is 23.2 Å². The van der Waals surface area contributed by atoms with E-state index in [2.05, 4.69) is 0 Å². The molecule has 9 heavy (non-hydrogen) atoms. The van der Waals surface area contributed by atoms with Crippen LogP contribution in [-0.2, 0) is 4.74 Å². The van der Waals surface area contributed by atoms with Crippen LogP contribution in [0.5, 0.6) is 0 Å². The van der Waals surface area contributed by atoms with Gasteiger partial charge in [0.2, 0.25) is 0 Å². The summed E-state index contributed by atoms with van der Waals surface area (Å²) in [6.45, 7) is 2.70. The van der Waals surface area contributed by atoms with Gasteiger partial charge in [-0.3, -0.25) is 0 Å². The second-order valence-electron chi connectivity index (χ2n) is 2.10. The molecular formula is C6H12Cl2O. The normalized spacial score (nSPS) is 17.3. The van der Waals surface area contributed by atoms with Crippen LogP contribution in [0.3, 0.4) is 0 Å². The van der Waals surface area contributed by atoms with E-state index in [-0.39, 0.29) is 5.38 Å². The molecule has 0 aliphatic rings. The molecule has 0 N–H and O–H groups in total. The summed E-state index contributed by atoms with van der Waals surface area (Å²) < 4.78 is 4.88. The molecule has 3 heteroatoms. The molecule has 0 heterocycles. The minimum Gasteiger partial charge on any atom is -0.384 e. The first-order valence-corrected chi connectivity index (χ1v) is 3.88. The van der Waals surface area contributed by atoms with Crippen LogP contribution >= 0.6 is 23.2 Å². The molecule has 2 unspecified atom stereocenters. The lowest BCUT2D eigenvalue weighted by Crippen LogP contribution is -2.17. The van der Waals surface area contributed by atoms with E-state index in [1.54, 1.807) is 7.11 Å². The monoisotopic (exact) mass is 170 g/mol. The Bertz CT molecular complexity index is 68.1. The maximum absolute atomic E-state index is 5.78. The van der Waals surface area contributed by atoms with E-state index in [4.69, 9.17) is 27.9 Å². The molecule has 0 radical (unpaired) electrons. The number of alkyl halides is 2. The number of methoxy groups -OCH3 is 1. The predicted octanol–water partition coefficient (Wildman–Crippen LogP) is 2.12. The van der Waals surface area contributed by atoms with Crippen LogP contribution in [0.15, 0.2) is 0 Å². The Morgan fingerprint density at radius 3 is 2.44 bits per heavy atom. The number of rotatable bonds is 4. The Morgan fingerprint density at radius 2 is 2.11 bits per heavy atom. The summed E-state index contributed by atoms with van der Waals surface area (Å²) in [5.41, 5.74) is 0. The van der Waals surface area contributed by atoms with Crippen molar-refractivity contribution in [2.24, 2.45) is 5.92 Å². The summed E-state index contributed by atoms with van der Waals surface area (Å²) in [5.74, 6) is 0.834. The predicted molar refractivity (Wildman–Crippen MR) is 41.4 cm³/mol. The van der Waals surface area contributed by atoms with Gasteiger partial charge in [0.05, 0.1) is 12.0 Å². The lowest BCUT2D eigenvalue weighted by molar-refractivity contribution is 0.159. The van der Waals surface area contributed by atoms with Crippen molar-refractivity contribution in [3.05, 3.63) is 0 Å². The van der Waals surface area contributed by atoms with Gasteiger partial charge < -0.3 is 4.74 Å². The zero-order chi connectivity index (χ0) is 7.28. The summed E-state index contributed by atoms with van der Waals surface area (Å²) in [6, 6.07) is 0. The highest BCUT2D eigenvalue weighted by Gasteiger charge is 2.11. The Hall–Kier alpha value is 0.540. The number of hydrogen-bond donors (Lipinski definition) is 0. The van der Waals surface area contributed by atoms with Gasteiger partial charge in [0.15, 0.2) is 0 Å². The third-order valence-corrected chi connectivity index (χ3v) is 2.27. The molecule has 0 spiro atoms. The van der Waals surface area contributed by atoms with Crippen molar-refractivity contribution >= 4 is 23.2 Å². The second-order valence-corrected chi connectivity index (χ2v) is 2.97. The zero-order valence-electron chi connectivity index (χ0n) is 5.73. The molecule has 0 amide bonds. The summed E-state index contributed by atoms with van der Waals surface area (Å²) in [6.07, 6.45) is 0. The van der Waals surface area contributed by atoms with E-state index in [1.165, 1.54) is 0 Å². The maximum atomic E-state index is 5.78. The fraction of sp³-hybridized carbons (Fsp3) is 1.00. The SMILES string of the molecule is COCC(C)C(Cl)CCl. The smallest absolute Gasteiger partial charge is 0.0518 e. The highest BCUT2D eigenvalue weighted by atomic mass is 35.5. The molecule has 0 aliphatic heterocycles. The Kier molecular flexibility index (Phi) is 5.65. The minimum atomic E-state index is 0.0339. The van der Waals surface area contributed by atoms with Crippen molar-refractivity contribution in [3.63, 3.8) is 0 Å². The van der Waals surface area contributed by atoms with Crippen molar-refractivity contribution in [2.75, 3.05) is 19.6 Å². The molecule has 0 aromatic carbocycles. The first-order chi connectivity index (χ1) is 4.22. The van der Waals surface area contributed by atoms with Crippen molar-refractivity contribution < 1.29 is 4.74 Å². The van der Waals surface area contributed by atoms with Crippen LogP contribution in [0.1, 0.15) is 6.92 Å². The topological polar surface area (TPSA) is 9.23 Å². The molecule has 0 saturated carbocycles. The Balaban J connectivity index is 3.32. The fourth-order valence-electron chi connectivity index (χ4n) is 0.519. The molecule has 2 atom stereocenters. The lowest BCUT2D eigenvalue weighted by atomic mass is 10.1. The number of hydrogen-bond acceptors (Lipinski definition) is 1. The highest BCUT2D eigenvalue weighted by Crippen LogP contribution is 2.11. The van der Waals surface area contributed by atoms with Crippen LogP contribution in [0.2, 0.25) is 0 Å². The Morgan fingerprint density at radius 1 is 1.56 bits per heavy atom. The van der Waals surface area contributed by atoms with E-state index in [0.717, 1.165) is 0 Å². The third kappa shape index (κ3) is 4.01. The van der Waals surface area contributed by atoms with Gasteiger partial charge in [0.25, 0.3) is 0 Å². The van der Waals surface area contributed by atoms with Gasteiger partial charge in [-0.25, -0.2) is 0 Å². The fourth-order valence-corrected chi connectivity index (χ4v) is 0.896. The van der Waals surface area contributed by atoms with E-state index < -0.39 is 0 Å². The van der Waals surface area contributed by atoms with Gasteiger partial charge in [-0.05, 0) is 5.92 Å². The maximum Gasteiger partial charge on any atom is 0.0518 e. The zero-order valence-corrected chi connectivity index (χ0v) is 7.24. The summed E-state index contributed by atoms with van der Waals surface area (Å²) >= 11 is 11.3. The molecular weight excluding hydrogens is 159 g/mol. The summed E-state index contributed by atoms with van der Waals surface area (Å²) in [4.78, 5) is 0. The second kappa shape index (κ2) is 5.33. The van der Waals surface area contributed by atoms with Gasteiger partial charge in [-0.2, -0.15) is 0 Å². The van der Waals surface area contributed by atoms with Crippen molar-refractivity contribution in [3.8, 4) is 0 Å². The lowest BCUT2D eigenvalue weighted by Gasteiger charge is -2.13. The quantitative estimate of drug-likeness (QED) is 0.588. The van der Waals surface area contributed by atoms with Crippen molar-refractivity contribution in [1.82, 2.24) is 0 Å². The van der Waals surface area contributed by atoms with Crippen molar-refractivity contribution in [1.29, 1.82) is 0 Å². The molecule has 0 bridgehead atoms. The molecule has 56 valence electrons. The third-order valence-electron chi connectivity index (χ3n) is 1.19. The minimum absolute atomic E-state index is 0.0339. The molecule has 1 nitrogen and oxygen atoms in total. The molecule has 0 aromatic heterocycles. The summed E-state index contributed by atoms with van der Waals surface area (Å²) in [5, 5.41) is 0.0339. The van der Waals surface area contributed by atoms with Gasteiger partial charge in [0.1, 0.15) is 0 Å². The average Bonchev–Trinajstić information content (AvgIpc) is 1.87. The largest absolute Gasteiger partial charge is 0.384 e. The molecule has 0 rings (SSSR count).